The van der Waals surface area contributed by atoms with Crippen molar-refractivity contribution in [2.24, 2.45) is 0 Å². The molecule has 2 heterocycles. The van der Waals surface area contributed by atoms with Crippen molar-refractivity contribution in [2.75, 3.05) is 0 Å². The summed E-state index contributed by atoms with van der Waals surface area (Å²) in [6, 6.07) is 43.8. The van der Waals surface area contributed by atoms with Gasteiger partial charge in [0.1, 0.15) is 0 Å². The lowest BCUT2D eigenvalue weighted by molar-refractivity contribution is 1.18. The van der Waals surface area contributed by atoms with Gasteiger partial charge in [0.05, 0.1) is 11.0 Å². The van der Waals surface area contributed by atoms with Gasteiger partial charge in [-0.25, -0.2) is 0 Å². The topological polar surface area (TPSA) is 4.93 Å². The van der Waals surface area contributed by atoms with E-state index in [0.717, 1.165) is 0 Å². The van der Waals surface area contributed by atoms with Crippen molar-refractivity contribution in [1.29, 1.82) is 0 Å². The Kier molecular flexibility index (Phi) is 4.39. The van der Waals surface area contributed by atoms with E-state index in [4.69, 9.17) is 0 Å². The molecule has 0 unspecified atom stereocenters. The number of hydrogen-bond donors (Lipinski definition) is 0. The Hall–Kier alpha value is -4.14. The van der Waals surface area contributed by atoms with Gasteiger partial charge in [-0.1, -0.05) is 84.9 Å². The molecule has 0 amide bonds. The first-order chi connectivity index (χ1) is 16.9. The third kappa shape index (κ3) is 2.93. The molecule has 0 aliphatic rings. The molecule has 1 nitrogen and oxygen atoms in total. The van der Waals surface area contributed by atoms with Crippen molar-refractivity contribution in [3.8, 4) is 27.9 Å². The highest BCUT2D eigenvalue weighted by molar-refractivity contribution is 7.18. The fourth-order valence-corrected chi connectivity index (χ4v) is 6.11. The lowest BCUT2D eigenvalue weighted by Crippen LogP contribution is -1.93. The molecule has 0 spiro atoms. The summed E-state index contributed by atoms with van der Waals surface area (Å²) in [6.07, 6.45) is 0. The Labute approximate surface area is 202 Å². The second kappa shape index (κ2) is 7.72. The number of aromatic nitrogens is 1. The van der Waals surface area contributed by atoms with Gasteiger partial charge in [-0.3, -0.25) is 0 Å². The van der Waals surface area contributed by atoms with Crippen molar-refractivity contribution in [3.63, 3.8) is 0 Å². The highest BCUT2D eigenvalue weighted by Gasteiger charge is 2.17. The number of fused-ring (bicyclic) bond motifs is 5. The van der Waals surface area contributed by atoms with E-state index in [2.05, 4.69) is 131 Å². The van der Waals surface area contributed by atoms with E-state index in [1.165, 1.54) is 59.8 Å². The minimum Gasteiger partial charge on any atom is -0.309 e. The lowest BCUT2D eigenvalue weighted by atomic mass is 9.94. The van der Waals surface area contributed by atoms with Gasteiger partial charge >= 0.3 is 0 Å². The van der Waals surface area contributed by atoms with Crippen LogP contribution in [0.5, 0.6) is 0 Å². The molecule has 0 radical (unpaired) electrons. The third-order valence-electron chi connectivity index (χ3n) is 6.68. The zero-order valence-electron chi connectivity index (χ0n) is 18.5. The van der Waals surface area contributed by atoms with Crippen molar-refractivity contribution < 1.29 is 0 Å². The molecule has 0 aliphatic carbocycles. The predicted octanol–water partition coefficient (Wildman–Crippen LogP) is 9.33. The third-order valence-corrected chi connectivity index (χ3v) is 7.63. The minimum absolute atomic E-state index is 1.19. The molecule has 160 valence electrons. The summed E-state index contributed by atoms with van der Waals surface area (Å²) >= 11 is 1.83. The number of nitrogens with zero attached hydrogens (tertiary/aromatic N) is 1. The van der Waals surface area contributed by atoms with Crippen LogP contribution in [0, 0.1) is 0 Å². The maximum absolute atomic E-state index is 2.40. The quantitative estimate of drug-likeness (QED) is 0.252. The molecule has 0 bridgehead atoms. The Morgan fingerprint density at radius 1 is 0.529 bits per heavy atom. The van der Waals surface area contributed by atoms with E-state index in [1.807, 2.05) is 11.3 Å². The molecular weight excluding hydrogens is 430 g/mol. The first-order valence-corrected chi connectivity index (χ1v) is 12.4. The largest absolute Gasteiger partial charge is 0.309 e. The predicted molar refractivity (Wildman–Crippen MR) is 147 cm³/mol. The second-order valence-electron chi connectivity index (χ2n) is 8.61. The SMILES string of the molecule is c1ccc(-c2ccccc2-c2ccc3c(c2)c2c4sccc4ccc2n3-c2ccccc2)cc1. The summed E-state index contributed by atoms with van der Waals surface area (Å²) < 4.78 is 3.75. The molecule has 0 N–H and O–H groups in total. The van der Waals surface area contributed by atoms with Crippen LogP contribution >= 0.6 is 11.3 Å². The van der Waals surface area contributed by atoms with Gasteiger partial charge < -0.3 is 4.57 Å². The maximum Gasteiger partial charge on any atom is 0.0555 e. The zero-order chi connectivity index (χ0) is 22.5. The molecule has 0 saturated carbocycles. The molecule has 7 rings (SSSR count). The van der Waals surface area contributed by atoms with Gasteiger partial charge in [0, 0.05) is 21.2 Å². The van der Waals surface area contributed by atoms with Crippen molar-refractivity contribution in [1.82, 2.24) is 4.57 Å². The van der Waals surface area contributed by atoms with E-state index < -0.39 is 0 Å². The maximum atomic E-state index is 2.40. The molecule has 2 heteroatoms. The van der Waals surface area contributed by atoms with Gasteiger partial charge in [-0.15, -0.1) is 11.3 Å². The average molecular weight is 452 g/mol. The molecule has 0 fully saturated rings. The van der Waals surface area contributed by atoms with Crippen LogP contribution in [0.15, 0.2) is 127 Å². The van der Waals surface area contributed by atoms with Crippen LogP contribution in [0.2, 0.25) is 0 Å². The molecule has 2 aromatic heterocycles. The average Bonchev–Trinajstić information content (AvgIpc) is 3.51. The first-order valence-electron chi connectivity index (χ1n) is 11.5. The molecular formula is C32H21NS. The number of rotatable bonds is 3. The van der Waals surface area contributed by atoms with E-state index in [1.54, 1.807) is 0 Å². The van der Waals surface area contributed by atoms with E-state index >= 15 is 0 Å². The molecule has 0 aliphatic heterocycles. The zero-order valence-corrected chi connectivity index (χ0v) is 19.3. The second-order valence-corrected chi connectivity index (χ2v) is 9.53. The Balaban J connectivity index is 1.56. The van der Waals surface area contributed by atoms with Crippen molar-refractivity contribution in [3.05, 3.63) is 127 Å². The standard InChI is InChI=1S/C32H21NS/c1-3-9-22(10-4-1)26-13-7-8-14-27(26)24-16-17-29-28(21-24)31-30(18-15-23-19-20-34-32(23)31)33(29)25-11-5-2-6-12-25/h1-21H. The smallest absolute Gasteiger partial charge is 0.0555 e. The summed E-state index contributed by atoms with van der Waals surface area (Å²) in [6.45, 7) is 0. The molecule has 0 saturated heterocycles. The fourth-order valence-electron chi connectivity index (χ4n) is 5.16. The molecule has 34 heavy (non-hydrogen) atoms. The number of hydrogen-bond acceptors (Lipinski definition) is 1. The summed E-state index contributed by atoms with van der Waals surface area (Å²) in [5, 5.41) is 6.14. The van der Waals surface area contributed by atoms with Crippen molar-refractivity contribution >= 4 is 43.2 Å². The summed E-state index contributed by atoms with van der Waals surface area (Å²) in [4.78, 5) is 0. The van der Waals surface area contributed by atoms with Crippen LogP contribution < -0.4 is 0 Å². The summed E-state index contributed by atoms with van der Waals surface area (Å²) in [5.41, 5.74) is 8.69. The summed E-state index contributed by atoms with van der Waals surface area (Å²) in [7, 11) is 0. The normalized spacial score (nSPS) is 11.5. The fraction of sp³-hybridized carbons (Fsp3) is 0. The van der Waals surface area contributed by atoms with Gasteiger partial charge in [0.25, 0.3) is 0 Å². The monoisotopic (exact) mass is 451 g/mol. The Morgan fingerprint density at radius 2 is 1.21 bits per heavy atom. The van der Waals surface area contributed by atoms with Gasteiger partial charge in [0.2, 0.25) is 0 Å². The van der Waals surface area contributed by atoms with Crippen LogP contribution in [0.4, 0.5) is 0 Å². The van der Waals surface area contributed by atoms with Gasteiger partial charge in [0.15, 0.2) is 0 Å². The van der Waals surface area contributed by atoms with Crippen LogP contribution in [-0.2, 0) is 0 Å². The van der Waals surface area contributed by atoms with Crippen LogP contribution in [0.3, 0.4) is 0 Å². The van der Waals surface area contributed by atoms with E-state index in [0.29, 0.717) is 0 Å². The first kappa shape index (κ1) is 19.3. The van der Waals surface area contributed by atoms with Gasteiger partial charge in [-0.2, -0.15) is 0 Å². The molecule has 7 aromatic rings. The van der Waals surface area contributed by atoms with Crippen LogP contribution in [0.1, 0.15) is 0 Å². The highest BCUT2D eigenvalue weighted by Crippen LogP contribution is 2.41. The van der Waals surface area contributed by atoms with Crippen LogP contribution in [-0.4, -0.2) is 4.57 Å². The minimum atomic E-state index is 1.19. The van der Waals surface area contributed by atoms with Crippen molar-refractivity contribution in [2.45, 2.75) is 0 Å². The number of para-hydroxylation sites is 1. The van der Waals surface area contributed by atoms with Crippen LogP contribution in [0.25, 0.3) is 59.8 Å². The molecule has 5 aromatic carbocycles. The molecule has 0 atom stereocenters. The Bertz CT molecular complexity index is 1790. The lowest BCUT2D eigenvalue weighted by Gasteiger charge is -2.11. The number of benzene rings is 5. The summed E-state index contributed by atoms with van der Waals surface area (Å²) in [5.74, 6) is 0. The number of thiophene rings is 1. The Morgan fingerprint density at radius 3 is 2.00 bits per heavy atom. The van der Waals surface area contributed by atoms with Gasteiger partial charge in [-0.05, 0) is 69.4 Å². The highest BCUT2D eigenvalue weighted by atomic mass is 32.1. The van der Waals surface area contributed by atoms with E-state index in [-0.39, 0.29) is 0 Å². The van der Waals surface area contributed by atoms with E-state index in [9.17, 15) is 0 Å².